The van der Waals surface area contributed by atoms with E-state index in [0.29, 0.717) is 0 Å². The molecule has 19 heavy (non-hydrogen) atoms. The average molecular weight is 268 g/mol. The highest BCUT2D eigenvalue weighted by molar-refractivity contribution is 5.98. The molecule has 0 atom stereocenters. The topological polar surface area (TPSA) is 108 Å². The standard InChI is InChI=1S/C11H12N2O6/c1-3-19-11(15)8-4-7(10(14)12-18-2)5-9(6-8)13(16)17/h4-6H,3H2,1-2H3,(H,12,14). The van der Waals surface area contributed by atoms with Crippen LogP contribution in [0.15, 0.2) is 18.2 Å². The highest BCUT2D eigenvalue weighted by Crippen LogP contribution is 2.18. The smallest absolute Gasteiger partial charge is 0.338 e. The van der Waals surface area contributed by atoms with Crippen molar-refractivity contribution < 1.29 is 24.1 Å². The number of nitro benzene ring substituents is 1. The van der Waals surface area contributed by atoms with Crippen molar-refractivity contribution in [2.45, 2.75) is 6.92 Å². The molecule has 1 aromatic carbocycles. The minimum atomic E-state index is -0.738. The number of ether oxygens (including phenoxy) is 1. The molecule has 0 aromatic heterocycles. The van der Waals surface area contributed by atoms with Gasteiger partial charge in [-0.1, -0.05) is 0 Å². The quantitative estimate of drug-likeness (QED) is 0.486. The Morgan fingerprint density at radius 1 is 1.32 bits per heavy atom. The predicted molar refractivity (Wildman–Crippen MR) is 63.5 cm³/mol. The van der Waals surface area contributed by atoms with E-state index in [-0.39, 0.29) is 23.4 Å². The van der Waals surface area contributed by atoms with E-state index in [0.717, 1.165) is 12.1 Å². The number of non-ortho nitro benzene ring substituents is 1. The number of rotatable bonds is 5. The fourth-order valence-electron chi connectivity index (χ4n) is 1.33. The molecule has 0 aliphatic heterocycles. The molecule has 0 aliphatic carbocycles. The maximum atomic E-state index is 11.5. The second-order valence-electron chi connectivity index (χ2n) is 3.38. The normalized spacial score (nSPS) is 9.79. The lowest BCUT2D eigenvalue weighted by atomic mass is 10.1. The van der Waals surface area contributed by atoms with Gasteiger partial charge in [-0.25, -0.2) is 10.3 Å². The molecule has 8 heteroatoms. The van der Waals surface area contributed by atoms with Crippen LogP contribution in [0.1, 0.15) is 27.6 Å². The Hall–Kier alpha value is -2.48. The van der Waals surface area contributed by atoms with Crippen LogP contribution in [0.3, 0.4) is 0 Å². The Kier molecular flexibility index (Phi) is 4.95. The SMILES string of the molecule is CCOC(=O)c1cc(C(=O)NOC)cc([N+](=O)[O-])c1. The molecule has 8 nitrogen and oxygen atoms in total. The molecule has 0 spiro atoms. The maximum Gasteiger partial charge on any atom is 0.338 e. The Labute approximate surface area is 108 Å². The minimum Gasteiger partial charge on any atom is -0.462 e. The second kappa shape index (κ2) is 6.45. The molecule has 102 valence electrons. The van der Waals surface area contributed by atoms with Crippen LogP contribution in [0.2, 0.25) is 0 Å². The van der Waals surface area contributed by atoms with Crippen molar-refractivity contribution in [3.8, 4) is 0 Å². The Morgan fingerprint density at radius 2 is 1.95 bits per heavy atom. The van der Waals surface area contributed by atoms with E-state index in [1.807, 2.05) is 5.48 Å². The molecule has 0 bridgehead atoms. The van der Waals surface area contributed by atoms with Crippen molar-refractivity contribution in [2.24, 2.45) is 0 Å². The van der Waals surface area contributed by atoms with Crippen LogP contribution in [0.5, 0.6) is 0 Å². The zero-order valence-corrected chi connectivity index (χ0v) is 10.3. The van der Waals surface area contributed by atoms with Gasteiger partial charge in [-0.05, 0) is 13.0 Å². The van der Waals surface area contributed by atoms with Crippen LogP contribution < -0.4 is 5.48 Å². The summed E-state index contributed by atoms with van der Waals surface area (Å²) in [6.45, 7) is 1.73. The van der Waals surface area contributed by atoms with Crippen molar-refractivity contribution in [3.05, 3.63) is 39.4 Å². The Morgan fingerprint density at radius 3 is 2.47 bits per heavy atom. The van der Waals surface area contributed by atoms with Gasteiger partial charge in [0.1, 0.15) is 0 Å². The molecule has 1 N–H and O–H groups in total. The fraction of sp³-hybridized carbons (Fsp3) is 0.273. The first-order valence-electron chi connectivity index (χ1n) is 5.29. The number of carbonyl (C=O) groups is 2. The average Bonchev–Trinajstić information content (AvgIpc) is 2.38. The van der Waals surface area contributed by atoms with Gasteiger partial charge in [-0.3, -0.25) is 19.7 Å². The molecule has 1 amide bonds. The molecule has 0 saturated heterocycles. The molecule has 1 aromatic rings. The zero-order valence-electron chi connectivity index (χ0n) is 10.3. The van der Waals surface area contributed by atoms with Crippen LogP contribution in [0, 0.1) is 10.1 Å². The lowest BCUT2D eigenvalue weighted by Crippen LogP contribution is -2.22. The van der Waals surface area contributed by atoms with Gasteiger partial charge < -0.3 is 4.74 Å². The molecule has 0 radical (unpaired) electrons. The van der Waals surface area contributed by atoms with E-state index >= 15 is 0 Å². The van der Waals surface area contributed by atoms with Gasteiger partial charge in [0, 0.05) is 17.7 Å². The highest BCUT2D eigenvalue weighted by Gasteiger charge is 2.18. The first kappa shape index (κ1) is 14.6. The minimum absolute atomic E-state index is 0.0703. The molecule has 0 saturated carbocycles. The van der Waals surface area contributed by atoms with E-state index in [9.17, 15) is 19.7 Å². The van der Waals surface area contributed by atoms with Gasteiger partial charge in [-0.15, -0.1) is 0 Å². The van der Waals surface area contributed by atoms with Gasteiger partial charge in [0.05, 0.1) is 24.2 Å². The van der Waals surface area contributed by atoms with E-state index in [2.05, 4.69) is 4.84 Å². The fourth-order valence-corrected chi connectivity index (χ4v) is 1.33. The number of carbonyl (C=O) groups excluding carboxylic acids is 2. The number of hydrogen-bond acceptors (Lipinski definition) is 6. The zero-order chi connectivity index (χ0) is 14.4. The summed E-state index contributed by atoms with van der Waals surface area (Å²) < 4.78 is 4.73. The lowest BCUT2D eigenvalue weighted by molar-refractivity contribution is -0.384. The predicted octanol–water partition coefficient (Wildman–Crippen LogP) is 1.06. The summed E-state index contributed by atoms with van der Waals surface area (Å²) >= 11 is 0. The van der Waals surface area contributed by atoms with Gasteiger partial charge in [0.2, 0.25) is 0 Å². The molecular formula is C11H12N2O6. The van der Waals surface area contributed by atoms with Gasteiger partial charge in [0.25, 0.3) is 11.6 Å². The Balaban J connectivity index is 3.21. The number of nitrogens with one attached hydrogen (secondary N) is 1. The van der Waals surface area contributed by atoms with E-state index < -0.39 is 16.8 Å². The number of nitro groups is 1. The largest absolute Gasteiger partial charge is 0.462 e. The van der Waals surface area contributed by atoms with Crippen molar-refractivity contribution in [1.82, 2.24) is 5.48 Å². The van der Waals surface area contributed by atoms with Crippen LogP contribution in [-0.2, 0) is 9.57 Å². The van der Waals surface area contributed by atoms with E-state index in [1.54, 1.807) is 6.92 Å². The Bertz CT molecular complexity index is 478. The van der Waals surface area contributed by atoms with E-state index in [4.69, 9.17) is 4.74 Å². The number of esters is 1. The molecule has 0 heterocycles. The van der Waals surface area contributed by atoms with Crippen LogP contribution in [-0.4, -0.2) is 30.5 Å². The van der Waals surface area contributed by atoms with Crippen LogP contribution in [0.4, 0.5) is 5.69 Å². The molecule has 1 rings (SSSR count). The summed E-state index contributed by atoms with van der Waals surface area (Å²) in [6, 6.07) is 3.28. The molecule has 0 aliphatic rings. The number of hydroxylamine groups is 1. The summed E-state index contributed by atoms with van der Waals surface area (Å²) in [5, 5.41) is 10.8. The maximum absolute atomic E-state index is 11.5. The van der Waals surface area contributed by atoms with Crippen LogP contribution >= 0.6 is 0 Å². The summed E-state index contributed by atoms with van der Waals surface area (Å²) in [5.74, 6) is -1.44. The molecule has 0 fully saturated rings. The summed E-state index contributed by atoms with van der Waals surface area (Å²) in [7, 11) is 1.22. The summed E-state index contributed by atoms with van der Waals surface area (Å²) in [5.41, 5.74) is 1.49. The summed E-state index contributed by atoms with van der Waals surface area (Å²) in [6.07, 6.45) is 0. The van der Waals surface area contributed by atoms with Gasteiger partial charge in [0.15, 0.2) is 0 Å². The third-order valence-electron chi connectivity index (χ3n) is 2.10. The molecule has 0 unspecified atom stereocenters. The van der Waals surface area contributed by atoms with Crippen molar-refractivity contribution in [1.29, 1.82) is 0 Å². The number of amides is 1. The lowest BCUT2D eigenvalue weighted by Gasteiger charge is -2.05. The van der Waals surface area contributed by atoms with Gasteiger partial charge in [-0.2, -0.15) is 0 Å². The third-order valence-corrected chi connectivity index (χ3v) is 2.10. The highest BCUT2D eigenvalue weighted by atomic mass is 16.6. The van der Waals surface area contributed by atoms with E-state index in [1.165, 1.54) is 13.2 Å². The molecular weight excluding hydrogens is 256 g/mol. The van der Waals surface area contributed by atoms with Gasteiger partial charge >= 0.3 is 5.97 Å². The monoisotopic (exact) mass is 268 g/mol. The third kappa shape index (κ3) is 3.75. The number of benzene rings is 1. The second-order valence-corrected chi connectivity index (χ2v) is 3.38. The number of nitrogens with zero attached hydrogens (tertiary/aromatic N) is 1. The van der Waals surface area contributed by atoms with Crippen molar-refractivity contribution >= 4 is 17.6 Å². The van der Waals surface area contributed by atoms with Crippen molar-refractivity contribution in [2.75, 3.05) is 13.7 Å². The van der Waals surface area contributed by atoms with Crippen molar-refractivity contribution in [3.63, 3.8) is 0 Å². The summed E-state index contributed by atoms with van der Waals surface area (Å²) in [4.78, 5) is 37.6. The first-order valence-corrected chi connectivity index (χ1v) is 5.29. The number of hydrogen-bond donors (Lipinski definition) is 1. The van der Waals surface area contributed by atoms with Crippen LogP contribution in [0.25, 0.3) is 0 Å². The first-order chi connectivity index (χ1) is 8.99.